The van der Waals surface area contributed by atoms with Crippen LogP contribution in [-0.2, 0) is 14.3 Å². The van der Waals surface area contributed by atoms with Gasteiger partial charge in [-0.15, -0.1) is 0 Å². The summed E-state index contributed by atoms with van der Waals surface area (Å²) in [4.78, 5) is 12.8. The maximum atomic E-state index is 10.8. The summed E-state index contributed by atoms with van der Waals surface area (Å²) in [7, 11) is 0. The van der Waals surface area contributed by atoms with Crippen molar-refractivity contribution in [1.82, 2.24) is 4.90 Å². The zero-order chi connectivity index (χ0) is 12.2. The Hall–Kier alpha value is -0.650. The molecule has 16 heavy (non-hydrogen) atoms. The first-order chi connectivity index (χ1) is 7.38. The molecule has 0 aliphatic carbocycles. The second-order valence-electron chi connectivity index (χ2n) is 4.96. The fourth-order valence-corrected chi connectivity index (χ4v) is 1.54. The molecule has 1 atom stereocenters. The van der Waals surface area contributed by atoms with Gasteiger partial charge in [0.1, 0.15) is 0 Å². The molecule has 0 amide bonds. The Balaban J connectivity index is 2.24. The molecule has 1 unspecified atom stereocenters. The predicted octanol–water partition coefficient (Wildman–Crippen LogP) is 0.587. The Bertz CT molecular complexity index is 237. The van der Waals surface area contributed by atoms with Crippen molar-refractivity contribution in [2.24, 2.45) is 0 Å². The average Bonchev–Trinajstić information content (AvgIpc) is 2.16. The van der Waals surface area contributed by atoms with Gasteiger partial charge in [-0.05, 0) is 20.8 Å². The molecule has 0 aromatic carbocycles. The van der Waals surface area contributed by atoms with E-state index in [1.165, 1.54) is 0 Å². The van der Waals surface area contributed by atoms with Crippen LogP contribution in [0.5, 0.6) is 0 Å². The predicted molar refractivity (Wildman–Crippen MR) is 59.5 cm³/mol. The smallest absolute Gasteiger partial charge is 0.334 e. The first kappa shape index (κ1) is 13.4. The molecular formula is C11H21NO4. The molecule has 1 fully saturated rings. The monoisotopic (exact) mass is 231 g/mol. The summed E-state index contributed by atoms with van der Waals surface area (Å²) < 4.78 is 10.7. The number of rotatable bonds is 4. The Morgan fingerprint density at radius 3 is 2.81 bits per heavy atom. The van der Waals surface area contributed by atoms with Gasteiger partial charge in [-0.25, -0.2) is 4.79 Å². The molecule has 0 bridgehead atoms. The zero-order valence-electron chi connectivity index (χ0n) is 10.2. The highest BCUT2D eigenvalue weighted by molar-refractivity contribution is 5.72. The number of carboxylic acids is 1. The molecule has 0 saturated carbocycles. The normalized spacial score (nSPS) is 23.3. The molecule has 1 aliphatic heterocycles. The minimum atomic E-state index is -0.888. The molecule has 5 nitrogen and oxygen atoms in total. The van der Waals surface area contributed by atoms with Crippen molar-refractivity contribution in [3.63, 3.8) is 0 Å². The SMILES string of the molecule is CC(C)(C)OCCN1CCOC(C(=O)O)C1. The number of carboxylic acid groups (broad SMARTS) is 1. The molecular weight excluding hydrogens is 210 g/mol. The number of carbonyl (C=O) groups is 1. The van der Waals surface area contributed by atoms with Crippen molar-refractivity contribution >= 4 is 5.97 Å². The van der Waals surface area contributed by atoms with E-state index in [-0.39, 0.29) is 5.60 Å². The number of aliphatic carboxylic acids is 1. The lowest BCUT2D eigenvalue weighted by atomic mass is 10.2. The highest BCUT2D eigenvalue weighted by Gasteiger charge is 2.26. The maximum absolute atomic E-state index is 10.8. The lowest BCUT2D eigenvalue weighted by Crippen LogP contribution is -2.47. The fraction of sp³-hybridized carbons (Fsp3) is 0.909. The number of ether oxygens (including phenoxy) is 2. The summed E-state index contributed by atoms with van der Waals surface area (Å²) in [6, 6.07) is 0. The van der Waals surface area contributed by atoms with Crippen molar-refractivity contribution in [3.05, 3.63) is 0 Å². The molecule has 1 heterocycles. The van der Waals surface area contributed by atoms with E-state index in [1.54, 1.807) is 0 Å². The van der Waals surface area contributed by atoms with Crippen molar-refractivity contribution in [3.8, 4) is 0 Å². The molecule has 5 heteroatoms. The summed E-state index contributed by atoms with van der Waals surface area (Å²) in [5.74, 6) is -0.888. The Morgan fingerprint density at radius 1 is 1.56 bits per heavy atom. The first-order valence-electron chi connectivity index (χ1n) is 5.59. The quantitative estimate of drug-likeness (QED) is 0.767. The number of hydrogen-bond donors (Lipinski definition) is 1. The van der Waals surface area contributed by atoms with Crippen LogP contribution in [0.4, 0.5) is 0 Å². The van der Waals surface area contributed by atoms with Gasteiger partial charge in [0.05, 0.1) is 18.8 Å². The van der Waals surface area contributed by atoms with E-state index >= 15 is 0 Å². The summed E-state index contributed by atoms with van der Waals surface area (Å²) in [5.41, 5.74) is -0.140. The lowest BCUT2D eigenvalue weighted by Gasteiger charge is -2.31. The van der Waals surface area contributed by atoms with Gasteiger partial charge in [-0.2, -0.15) is 0 Å². The first-order valence-corrected chi connectivity index (χ1v) is 5.59. The standard InChI is InChI=1S/C11H21NO4/c1-11(2,3)16-7-5-12-4-6-15-9(8-12)10(13)14/h9H,4-8H2,1-3H3,(H,13,14). The van der Waals surface area contributed by atoms with Crippen LogP contribution in [0.2, 0.25) is 0 Å². The molecule has 0 spiro atoms. The van der Waals surface area contributed by atoms with Crippen molar-refractivity contribution in [2.75, 3.05) is 32.8 Å². The highest BCUT2D eigenvalue weighted by Crippen LogP contribution is 2.08. The van der Waals surface area contributed by atoms with Crippen LogP contribution in [0, 0.1) is 0 Å². The van der Waals surface area contributed by atoms with Gasteiger partial charge >= 0.3 is 5.97 Å². The van der Waals surface area contributed by atoms with E-state index in [1.807, 2.05) is 20.8 Å². The van der Waals surface area contributed by atoms with Gasteiger partial charge in [0.25, 0.3) is 0 Å². The van der Waals surface area contributed by atoms with E-state index in [0.29, 0.717) is 19.8 Å². The van der Waals surface area contributed by atoms with E-state index in [0.717, 1.165) is 13.1 Å². The van der Waals surface area contributed by atoms with Crippen LogP contribution in [-0.4, -0.2) is 60.5 Å². The topological polar surface area (TPSA) is 59.0 Å². The third-order valence-electron chi connectivity index (χ3n) is 2.37. The van der Waals surface area contributed by atoms with E-state index in [9.17, 15) is 4.79 Å². The van der Waals surface area contributed by atoms with Gasteiger partial charge in [0.15, 0.2) is 6.10 Å². The molecule has 1 rings (SSSR count). The molecule has 0 aromatic rings. The Morgan fingerprint density at radius 2 is 2.25 bits per heavy atom. The summed E-state index contributed by atoms with van der Waals surface area (Å²) >= 11 is 0. The number of nitrogens with zero attached hydrogens (tertiary/aromatic N) is 1. The van der Waals surface area contributed by atoms with E-state index in [4.69, 9.17) is 14.6 Å². The minimum absolute atomic E-state index is 0.140. The molecule has 1 saturated heterocycles. The van der Waals surface area contributed by atoms with Crippen LogP contribution in [0.15, 0.2) is 0 Å². The third-order valence-corrected chi connectivity index (χ3v) is 2.37. The van der Waals surface area contributed by atoms with Gasteiger partial charge in [0.2, 0.25) is 0 Å². The van der Waals surface area contributed by atoms with Crippen molar-refractivity contribution < 1.29 is 19.4 Å². The minimum Gasteiger partial charge on any atom is -0.479 e. The summed E-state index contributed by atoms with van der Waals surface area (Å²) in [6.07, 6.45) is -0.691. The Labute approximate surface area is 96.3 Å². The second kappa shape index (κ2) is 5.61. The van der Waals surface area contributed by atoms with Crippen molar-refractivity contribution in [1.29, 1.82) is 0 Å². The van der Waals surface area contributed by atoms with Gasteiger partial charge in [0, 0.05) is 19.6 Å². The molecule has 1 N–H and O–H groups in total. The molecule has 1 aliphatic rings. The summed E-state index contributed by atoms with van der Waals surface area (Å²) in [6.45, 7) is 9.10. The highest BCUT2D eigenvalue weighted by atomic mass is 16.5. The van der Waals surface area contributed by atoms with Crippen LogP contribution >= 0.6 is 0 Å². The van der Waals surface area contributed by atoms with Gasteiger partial charge in [-0.3, -0.25) is 4.90 Å². The lowest BCUT2D eigenvalue weighted by molar-refractivity contribution is -0.156. The van der Waals surface area contributed by atoms with Gasteiger partial charge in [-0.1, -0.05) is 0 Å². The molecule has 0 aromatic heterocycles. The molecule has 94 valence electrons. The fourth-order valence-electron chi connectivity index (χ4n) is 1.54. The largest absolute Gasteiger partial charge is 0.479 e. The van der Waals surface area contributed by atoms with Crippen LogP contribution in [0.3, 0.4) is 0 Å². The zero-order valence-corrected chi connectivity index (χ0v) is 10.2. The molecule has 0 radical (unpaired) electrons. The second-order valence-corrected chi connectivity index (χ2v) is 4.96. The van der Waals surface area contributed by atoms with Crippen LogP contribution in [0.1, 0.15) is 20.8 Å². The van der Waals surface area contributed by atoms with Crippen LogP contribution < -0.4 is 0 Å². The van der Waals surface area contributed by atoms with Crippen LogP contribution in [0.25, 0.3) is 0 Å². The average molecular weight is 231 g/mol. The van der Waals surface area contributed by atoms with Crippen molar-refractivity contribution in [2.45, 2.75) is 32.5 Å². The van der Waals surface area contributed by atoms with E-state index in [2.05, 4.69) is 4.90 Å². The summed E-state index contributed by atoms with van der Waals surface area (Å²) in [5, 5.41) is 8.83. The van der Waals surface area contributed by atoms with Gasteiger partial charge < -0.3 is 14.6 Å². The van der Waals surface area contributed by atoms with E-state index < -0.39 is 12.1 Å². The Kier molecular flexibility index (Phi) is 4.70. The number of hydrogen-bond acceptors (Lipinski definition) is 4. The third kappa shape index (κ3) is 4.92. The number of morpholine rings is 1. The maximum Gasteiger partial charge on any atom is 0.334 e.